The van der Waals surface area contributed by atoms with Gasteiger partial charge in [-0.05, 0) is 23.8 Å². The van der Waals surface area contributed by atoms with Gasteiger partial charge in [-0.15, -0.1) is 10.2 Å². The zero-order valence-electron chi connectivity index (χ0n) is 9.45. The van der Waals surface area contributed by atoms with Crippen molar-refractivity contribution in [1.82, 2.24) is 14.6 Å². The van der Waals surface area contributed by atoms with Crippen molar-refractivity contribution in [2.45, 2.75) is 10.9 Å². The third-order valence-electron chi connectivity index (χ3n) is 2.60. The summed E-state index contributed by atoms with van der Waals surface area (Å²) in [7, 11) is 0. The van der Waals surface area contributed by atoms with Gasteiger partial charge in [-0.2, -0.15) is 0 Å². The molecule has 0 aliphatic rings. The fourth-order valence-electron chi connectivity index (χ4n) is 1.68. The van der Waals surface area contributed by atoms with Crippen LogP contribution in [0.4, 0.5) is 0 Å². The van der Waals surface area contributed by atoms with Gasteiger partial charge in [0.15, 0.2) is 10.8 Å². The summed E-state index contributed by atoms with van der Waals surface area (Å²) in [6.07, 6.45) is 1.96. The van der Waals surface area contributed by atoms with E-state index in [0.29, 0.717) is 0 Å². The van der Waals surface area contributed by atoms with Crippen LogP contribution in [0, 0.1) is 0 Å². The summed E-state index contributed by atoms with van der Waals surface area (Å²) in [6.45, 7) is 0. The highest BCUT2D eigenvalue weighted by Crippen LogP contribution is 2.25. The molecule has 0 aliphatic carbocycles. The second-order valence-corrected chi connectivity index (χ2v) is 5.14. The minimum Gasteiger partial charge on any atom is -0.277 e. The zero-order valence-corrected chi connectivity index (χ0v) is 11.0. The fourth-order valence-corrected chi connectivity index (χ4v) is 2.89. The molecule has 90 valence electrons. The van der Waals surface area contributed by atoms with E-state index >= 15 is 0 Å². The van der Waals surface area contributed by atoms with Crippen LogP contribution >= 0.6 is 23.4 Å². The molecule has 0 radical (unpaired) electrons. The molecule has 2 aromatic heterocycles. The maximum absolute atomic E-state index is 6.13. The van der Waals surface area contributed by atoms with Crippen LogP contribution in [0.5, 0.6) is 0 Å². The van der Waals surface area contributed by atoms with Crippen LogP contribution in [0.3, 0.4) is 0 Å². The Labute approximate surface area is 114 Å². The van der Waals surface area contributed by atoms with E-state index in [-0.39, 0.29) is 0 Å². The lowest BCUT2D eigenvalue weighted by Crippen LogP contribution is -1.88. The first-order valence-corrected chi connectivity index (χ1v) is 6.87. The first-order valence-electron chi connectivity index (χ1n) is 5.50. The lowest BCUT2D eigenvalue weighted by atomic mass is 10.2. The number of nitrogens with zero attached hydrogens (tertiary/aromatic N) is 3. The van der Waals surface area contributed by atoms with Gasteiger partial charge in [0, 0.05) is 17.0 Å². The molecule has 0 saturated carbocycles. The molecule has 2 heterocycles. The molecular weight excluding hydrogens is 266 g/mol. The van der Waals surface area contributed by atoms with Gasteiger partial charge in [-0.1, -0.05) is 47.6 Å². The Kier molecular flexibility index (Phi) is 3.21. The Bertz CT molecular complexity index is 681. The lowest BCUT2D eigenvalue weighted by Gasteiger charge is -2.02. The van der Waals surface area contributed by atoms with Crippen LogP contribution in [-0.2, 0) is 5.75 Å². The molecule has 0 amide bonds. The predicted octanol–water partition coefficient (Wildman–Crippen LogP) is 3.68. The number of benzene rings is 1. The first-order chi connectivity index (χ1) is 8.84. The van der Waals surface area contributed by atoms with E-state index in [9.17, 15) is 0 Å². The molecule has 0 spiro atoms. The summed E-state index contributed by atoms with van der Waals surface area (Å²) in [4.78, 5) is 0. The zero-order chi connectivity index (χ0) is 12.4. The monoisotopic (exact) mass is 275 g/mol. The SMILES string of the molecule is Clc1ccccc1CSc1nnc2ccccn12. The number of hydrogen-bond donors (Lipinski definition) is 0. The van der Waals surface area contributed by atoms with Crippen molar-refractivity contribution in [3.63, 3.8) is 0 Å². The molecule has 18 heavy (non-hydrogen) atoms. The van der Waals surface area contributed by atoms with Crippen LogP contribution in [0.1, 0.15) is 5.56 Å². The minimum absolute atomic E-state index is 0.787. The smallest absolute Gasteiger partial charge is 0.195 e. The Morgan fingerprint density at radius 2 is 1.89 bits per heavy atom. The Balaban J connectivity index is 1.83. The summed E-state index contributed by atoms with van der Waals surface area (Å²) in [5.74, 6) is 0.787. The van der Waals surface area contributed by atoms with E-state index in [1.54, 1.807) is 11.8 Å². The van der Waals surface area contributed by atoms with Crippen molar-refractivity contribution < 1.29 is 0 Å². The number of rotatable bonds is 3. The second-order valence-electron chi connectivity index (χ2n) is 3.79. The lowest BCUT2D eigenvalue weighted by molar-refractivity contribution is 0.921. The number of fused-ring (bicyclic) bond motifs is 1. The summed E-state index contributed by atoms with van der Waals surface area (Å²) in [6, 6.07) is 13.7. The maximum Gasteiger partial charge on any atom is 0.195 e. The molecule has 0 fully saturated rings. The highest BCUT2D eigenvalue weighted by atomic mass is 35.5. The molecular formula is C13H10ClN3S. The second kappa shape index (κ2) is 5.00. The molecule has 0 saturated heterocycles. The van der Waals surface area contributed by atoms with E-state index in [2.05, 4.69) is 10.2 Å². The van der Waals surface area contributed by atoms with Gasteiger partial charge in [0.2, 0.25) is 0 Å². The number of thioether (sulfide) groups is 1. The van der Waals surface area contributed by atoms with Crippen molar-refractivity contribution in [3.05, 3.63) is 59.2 Å². The van der Waals surface area contributed by atoms with Crippen molar-refractivity contribution in [1.29, 1.82) is 0 Å². The average molecular weight is 276 g/mol. The summed E-state index contributed by atoms with van der Waals surface area (Å²) < 4.78 is 1.97. The third kappa shape index (κ3) is 2.21. The molecule has 0 aliphatic heterocycles. The molecule has 0 atom stereocenters. The number of aromatic nitrogens is 3. The number of halogens is 1. The van der Waals surface area contributed by atoms with E-state index in [1.807, 2.05) is 53.1 Å². The molecule has 0 N–H and O–H groups in total. The Hall–Kier alpha value is -1.52. The fraction of sp³-hybridized carbons (Fsp3) is 0.0769. The molecule has 0 bridgehead atoms. The van der Waals surface area contributed by atoms with E-state index in [0.717, 1.165) is 27.1 Å². The van der Waals surface area contributed by atoms with Crippen LogP contribution in [0.25, 0.3) is 5.65 Å². The first kappa shape index (κ1) is 11.6. The van der Waals surface area contributed by atoms with Crippen LogP contribution in [-0.4, -0.2) is 14.6 Å². The van der Waals surface area contributed by atoms with Crippen molar-refractivity contribution in [2.24, 2.45) is 0 Å². The van der Waals surface area contributed by atoms with Gasteiger partial charge in [-0.3, -0.25) is 4.40 Å². The summed E-state index contributed by atoms with van der Waals surface area (Å²) in [5, 5.41) is 9.96. The number of pyridine rings is 1. The molecule has 3 rings (SSSR count). The molecule has 0 unspecified atom stereocenters. The maximum atomic E-state index is 6.13. The minimum atomic E-state index is 0.787. The summed E-state index contributed by atoms with van der Waals surface area (Å²) >= 11 is 7.76. The summed E-state index contributed by atoms with van der Waals surface area (Å²) in [5.41, 5.74) is 1.97. The normalized spacial score (nSPS) is 10.9. The van der Waals surface area contributed by atoms with Gasteiger partial charge in [0.05, 0.1) is 0 Å². The van der Waals surface area contributed by atoms with Gasteiger partial charge >= 0.3 is 0 Å². The Morgan fingerprint density at radius 1 is 1.06 bits per heavy atom. The molecule has 1 aromatic carbocycles. The van der Waals surface area contributed by atoms with Crippen molar-refractivity contribution in [3.8, 4) is 0 Å². The van der Waals surface area contributed by atoms with Crippen LogP contribution in [0.15, 0.2) is 53.8 Å². The van der Waals surface area contributed by atoms with Crippen LogP contribution < -0.4 is 0 Å². The molecule has 3 nitrogen and oxygen atoms in total. The highest BCUT2D eigenvalue weighted by molar-refractivity contribution is 7.98. The largest absolute Gasteiger partial charge is 0.277 e. The van der Waals surface area contributed by atoms with Gasteiger partial charge in [0.1, 0.15) is 0 Å². The number of hydrogen-bond acceptors (Lipinski definition) is 3. The van der Waals surface area contributed by atoms with Gasteiger partial charge in [-0.25, -0.2) is 0 Å². The van der Waals surface area contributed by atoms with Gasteiger partial charge in [0.25, 0.3) is 0 Å². The quantitative estimate of drug-likeness (QED) is 0.683. The van der Waals surface area contributed by atoms with E-state index in [4.69, 9.17) is 11.6 Å². The predicted molar refractivity (Wildman–Crippen MR) is 74.0 cm³/mol. The van der Waals surface area contributed by atoms with E-state index < -0.39 is 0 Å². The van der Waals surface area contributed by atoms with Crippen molar-refractivity contribution in [2.75, 3.05) is 0 Å². The third-order valence-corrected chi connectivity index (χ3v) is 3.96. The average Bonchev–Trinajstić information content (AvgIpc) is 2.81. The molecule has 3 aromatic rings. The standard InChI is InChI=1S/C13H10ClN3S/c14-11-6-2-1-5-10(11)9-18-13-16-15-12-7-3-4-8-17(12)13/h1-8H,9H2. The van der Waals surface area contributed by atoms with Gasteiger partial charge < -0.3 is 0 Å². The Morgan fingerprint density at radius 3 is 2.78 bits per heavy atom. The van der Waals surface area contributed by atoms with E-state index in [1.165, 1.54) is 0 Å². The van der Waals surface area contributed by atoms with Crippen molar-refractivity contribution >= 4 is 29.0 Å². The highest BCUT2D eigenvalue weighted by Gasteiger charge is 2.06. The topological polar surface area (TPSA) is 30.2 Å². The van der Waals surface area contributed by atoms with Crippen LogP contribution in [0.2, 0.25) is 5.02 Å². The molecule has 5 heteroatoms.